The molecule has 2 N–H and O–H groups in total. The highest BCUT2D eigenvalue weighted by Gasteiger charge is 2.35. The number of fused-ring (bicyclic) bond motifs is 1. The van der Waals surface area contributed by atoms with Crippen LogP contribution in [0, 0.1) is 0 Å². The lowest BCUT2D eigenvalue weighted by Crippen LogP contribution is -2.31. The monoisotopic (exact) mass is 472 g/mol. The van der Waals surface area contributed by atoms with Gasteiger partial charge in [0, 0.05) is 50.5 Å². The fraction of sp³-hybridized carbons (Fsp3) is 0.192. The second-order valence-corrected chi connectivity index (χ2v) is 7.94. The van der Waals surface area contributed by atoms with Crippen molar-refractivity contribution in [2.45, 2.75) is 13.0 Å². The Morgan fingerprint density at radius 3 is 2.43 bits per heavy atom. The molecule has 9 nitrogen and oxygen atoms in total. The van der Waals surface area contributed by atoms with Crippen molar-refractivity contribution >= 4 is 29.3 Å². The number of nitrogens with one attached hydrogen (secondary N) is 2. The molecule has 9 heteroatoms. The first-order valence-electron chi connectivity index (χ1n) is 11.1. The van der Waals surface area contributed by atoms with Gasteiger partial charge in [-0.15, -0.1) is 0 Å². The van der Waals surface area contributed by atoms with Crippen LogP contribution in [0.25, 0.3) is 0 Å². The summed E-state index contributed by atoms with van der Waals surface area (Å²) in [6, 6.07) is 14.9. The maximum Gasteiger partial charge on any atom is 0.261 e. The third-order valence-electron chi connectivity index (χ3n) is 5.55. The van der Waals surface area contributed by atoms with Crippen molar-refractivity contribution < 1.29 is 23.9 Å². The number of aromatic nitrogens is 1. The number of ether oxygens (including phenoxy) is 1. The number of imide groups is 1. The summed E-state index contributed by atoms with van der Waals surface area (Å²) >= 11 is 0. The van der Waals surface area contributed by atoms with E-state index in [1.807, 2.05) is 0 Å². The number of carbonyl (C=O) groups excluding carboxylic acids is 4. The first-order chi connectivity index (χ1) is 17.0. The molecule has 4 rings (SSSR count). The van der Waals surface area contributed by atoms with Crippen LogP contribution in [0.4, 0.5) is 5.69 Å². The number of pyridine rings is 1. The van der Waals surface area contributed by atoms with Crippen LogP contribution in [-0.4, -0.2) is 53.8 Å². The number of hydrogen-bond donors (Lipinski definition) is 2. The van der Waals surface area contributed by atoms with Crippen molar-refractivity contribution in [2.24, 2.45) is 0 Å². The zero-order valence-electron chi connectivity index (χ0n) is 19.1. The van der Waals surface area contributed by atoms with E-state index in [9.17, 15) is 19.2 Å². The normalized spacial score (nSPS) is 12.4. The van der Waals surface area contributed by atoms with Crippen LogP contribution < -0.4 is 10.6 Å². The Kier molecular flexibility index (Phi) is 7.27. The largest absolute Gasteiger partial charge is 0.385 e. The molecule has 0 radical (unpaired) electrons. The van der Waals surface area contributed by atoms with Gasteiger partial charge in [-0.2, -0.15) is 0 Å². The predicted molar refractivity (Wildman–Crippen MR) is 128 cm³/mol. The quantitative estimate of drug-likeness (QED) is 0.365. The third kappa shape index (κ3) is 5.42. The minimum Gasteiger partial charge on any atom is -0.385 e. The molecule has 4 amide bonds. The SMILES string of the molecule is COCCCN1C(=O)c2ccc(C(=O)NCc3ccc(NC(=O)c4cccnc4)cc3)cc2C1=O. The van der Waals surface area contributed by atoms with Crippen LogP contribution in [0.1, 0.15) is 53.4 Å². The molecule has 0 fully saturated rings. The van der Waals surface area contributed by atoms with E-state index in [-0.39, 0.29) is 36.4 Å². The Balaban J connectivity index is 1.34. The Hall–Kier alpha value is -4.37. The van der Waals surface area contributed by atoms with Crippen molar-refractivity contribution in [3.8, 4) is 0 Å². The molecule has 0 unspecified atom stereocenters. The molecule has 2 heterocycles. The molecule has 1 aliphatic heterocycles. The Labute approximate surface area is 202 Å². The number of carbonyl (C=O) groups is 4. The highest BCUT2D eigenvalue weighted by atomic mass is 16.5. The number of hydrogen-bond acceptors (Lipinski definition) is 6. The number of amides is 4. The Morgan fingerprint density at radius 1 is 0.943 bits per heavy atom. The van der Waals surface area contributed by atoms with Gasteiger partial charge in [0.15, 0.2) is 0 Å². The molecule has 0 saturated carbocycles. The number of methoxy groups -OCH3 is 1. The van der Waals surface area contributed by atoms with E-state index in [0.29, 0.717) is 35.4 Å². The molecule has 0 atom stereocenters. The lowest BCUT2D eigenvalue weighted by Gasteiger charge is -2.12. The van der Waals surface area contributed by atoms with Gasteiger partial charge in [0.1, 0.15) is 0 Å². The highest BCUT2D eigenvalue weighted by molar-refractivity contribution is 6.22. The molecule has 178 valence electrons. The molecule has 3 aromatic rings. The van der Waals surface area contributed by atoms with Gasteiger partial charge in [-0.3, -0.25) is 29.1 Å². The minimum absolute atomic E-state index is 0.230. The summed E-state index contributed by atoms with van der Waals surface area (Å²) in [7, 11) is 1.56. The smallest absolute Gasteiger partial charge is 0.261 e. The summed E-state index contributed by atoms with van der Waals surface area (Å²) in [5.41, 5.74) is 2.72. The van der Waals surface area contributed by atoms with E-state index in [1.54, 1.807) is 49.7 Å². The molecular weight excluding hydrogens is 448 g/mol. The van der Waals surface area contributed by atoms with E-state index in [0.717, 1.165) is 5.56 Å². The standard InChI is InChI=1S/C26H24N4O5/c1-35-13-3-12-30-25(33)21-10-7-18(14-22(21)26(30)34)23(31)28-15-17-5-8-20(9-6-17)29-24(32)19-4-2-11-27-16-19/h2,4-11,14,16H,3,12-13,15H2,1H3,(H,28,31)(H,29,32). The Morgan fingerprint density at radius 2 is 1.71 bits per heavy atom. The number of anilines is 1. The van der Waals surface area contributed by atoms with Gasteiger partial charge in [-0.1, -0.05) is 12.1 Å². The van der Waals surface area contributed by atoms with Gasteiger partial charge in [0.25, 0.3) is 23.6 Å². The summed E-state index contributed by atoms with van der Waals surface area (Å²) in [6.45, 7) is 0.960. The van der Waals surface area contributed by atoms with E-state index in [2.05, 4.69) is 15.6 Å². The summed E-state index contributed by atoms with van der Waals surface area (Å²) < 4.78 is 4.98. The van der Waals surface area contributed by atoms with Gasteiger partial charge in [0.05, 0.1) is 16.7 Å². The first kappa shape index (κ1) is 23.8. The average Bonchev–Trinajstić information content (AvgIpc) is 3.13. The lowest BCUT2D eigenvalue weighted by molar-refractivity contribution is 0.0638. The van der Waals surface area contributed by atoms with E-state index in [1.165, 1.54) is 29.3 Å². The molecule has 0 aliphatic carbocycles. The van der Waals surface area contributed by atoms with Crippen LogP contribution in [0.2, 0.25) is 0 Å². The third-order valence-corrected chi connectivity index (χ3v) is 5.55. The maximum atomic E-state index is 12.7. The topological polar surface area (TPSA) is 118 Å². The summed E-state index contributed by atoms with van der Waals surface area (Å²) in [4.78, 5) is 55.2. The van der Waals surface area contributed by atoms with Crippen LogP contribution in [0.3, 0.4) is 0 Å². The van der Waals surface area contributed by atoms with E-state index >= 15 is 0 Å². The van der Waals surface area contributed by atoms with Gasteiger partial charge in [0.2, 0.25) is 0 Å². The van der Waals surface area contributed by atoms with Crippen molar-refractivity contribution in [2.75, 3.05) is 25.6 Å². The van der Waals surface area contributed by atoms with Crippen molar-refractivity contribution in [1.82, 2.24) is 15.2 Å². The summed E-state index contributed by atoms with van der Waals surface area (Å²) in [5.74, 6) is -1.38. The van der Waals surface area contributed by atoms with Gasteiger partial charge in [-0.05, 0) is 54.4 Å². The molecule has 0 spiro atoms. The number of rotatable bonds is 9. The number of benzene rings is 2. The highest BCUT2D eigenvalue weighted by Crippen LogP contribution is 2.24. The maximum absolute atomic E-state index is 12.7. The van der Waals surface area contributed by atoms with E-state index in [4.69, 9.17) is 4.74 Å². The number of nitrogens with zero attached hydrogens (tertiary/aromatic N) is 2. The van der Waals surface area contributed by atoms with Gasteiger partial charge < -0.3 is 15.4 Å². The first-order valence-corrected chi connectivity index (χ1v) is 11.1. The van der Waals surface area contributed by atoms with Crippen LogP contribution in [0.15, 0.2) is 67.0 Å². The molecule has 35 heavy (non-hydrogen) atoms. The summed E-state index contributed by atoms with van der Waals surface area (Å²) in [5, 5.41) is 5.60. The van der Waals surface area contributed by atoms with Gasteiger partial charge >= 0.3 is 0 Å². The molecule has 1 aromatic heterocycles. The van der Waals surface area contributed by atoms with Crippen LogP contribution >= 0.6 is 0 Å². The fourth-order valence-corrected chi connectivity index (χ4v) is 3.69. The van der Waals surface area contributed by atoms with Gasteiger partial charge in [-0.25, -0.2) is 0 Å². The zero-order chi connectivity index (χ0) is 24.8. The lowest BCUT2D eigenvalue weighted by atomic mass is 10.1. The average molecular weight is 473 g/mol. The second kappa shape index (κ2) is 10.7. The van der Waals surface area contributed by atoms with E-state index < -0.39 is 5.91 Å². The zero-order valence-corrected chi connectivity index (χ0v) is 19.1. The molecule has 0 bridgehead atoms. The van der Waals surface area contributed by atoms with Crippen molar-refractivity contribution in [3.05, 3.63) is 94.8 Å². The second-order valence-electron chi connectivity index (χ2n) is 7.94. The predicted octanol–water partition coefficient (Wildman–Crippen LogP) is 2.90. The molecule has 1 aliphatic rings. The molecule has 2 aromatic carbocycles. The minimum atomic E-state index is -0.403. The molecule has 0 saturated heterocycles. The van der Waals surface area contributed by atoms with Crippen molar-refractivity contribution in [1.29, 1.82) is 0 Å². The van der Waals surface area contributed by atoms with Crippen LogP contribution in [-0.2, 0) is 11.3 Å². The summed E-state index contributed by atoms with van der Waals surface area (Å²) in [6.07, 6.45) is 3.63. The molecular formula is C26H24N4O5. The van der Waals surface area contributed by atoms with Crippen LogP contribution in [0.5, 0.6) is 0 Å². The Bertz CT molecular complexity index is 1260. The van der Waals surface area contributed by atoms with Crippen molar-refractivity contribution in [3.63, 3.8) is 0 Å². The fourth-order valence-electron chi connectivity index (χ4n) is 3.69.